The largest absolute Gasteiger partial charge is 0.490 e. The van der Waals surface area contributed by atoms with Gasteiger partial charge in [-0.1, -0.05) is 0 Å². The molecule has 5 rings (SSSR count). The van der Waals surface area contributed by atoms with Crippen LogP contribution in [0.25, 0.3) is 0 Å². The Bertz CT molecular complexity index is 733. The molecule has 4 aliphatic rings. The molecule has 0 spiro atoms. The molecule has 0 amide bonds. The summed E-state index contributed by atoms with van der Waals surface area (Å²) in [4.78, 5) is 0.262. The zero-order valence-electron chi connectivity index (χ0n) is 15.6. The predicted molar refractivity (Wildman–Crippen MR) is 99.9 cm³/mol. The van der Waals surface area contributed by atoms with E-state index in [1.165, 1.54) is 32.1 Å². The summed E-state index contributed by atoms with van der Waals surface area (Å²) in [5.74, 6) is 3.75. The molecule has 144 valence electrons. The lowest BCUT2D eigenvalue weighted by molar-refractivity contribution is -0.00557. The van der Waals surface area contributed by atoms with Crippen LogP contribution in [-0.2, 0) is 10.0 Å². The molecule has 6 heteroatoms. The molecule has 4 fully saturated rings. The molecule has 4 aliphatic carbocycles. The van der Waals surface area contributed by atoms with E-state index in [4.69, 9.17) is 9.47 Å². The molecule has 1 aromatic carbocycles. The lowest BCUT2D eigenvalue weighted by Crippen LogP contribution is -2.55. The second-order valence-corrected chi connectivity index (χ2v) is 9.77. The highest BCUT2D eigenvalue weighted by atomic mass is 32.2. The van der Waals surface area contributed by atoms with Crippen LogP contribution in [0.1, 0.15) is 46.0 Å². The fourth-order valence-electron chi connectivity index (χ4n) is 5.56. The zero-order chi connectivity index (χ0) is 18.3. The van der Waals surface area contributed by atoms with Gasteiger partial charge in [-0.25, -0.2) is 13.1 Å². The molecule has 0 aromatic heterocycles. The highest BCUT2D eigenvalue weighted by Gasteiger charge is 2.49. The first-order valence-electron chi connectivity index (χ1n) is 9.92. The van der Waals surface area contributed by atoms with Crippen LogP contribution in [0.5, 0.6) is 11.5 Å². The summed E-state index contributed by atoms with van der Waals surface area (Å²) in [5.41, 5.74) is 0. The lowest BCUT2D eigenvalue weighted by atomic mass is 9.54. The number of ether oxygens (including phenoxy) is 2. The summed E-state index contributed by atoms with van der Waals surface area (Å²) in [6.07, 6.45) is 6.12. The van der Waals surface area contributed by atoms with Crippen molar-refractivity contribution in [1.82, 2.24) is 4.72 Å². The van der Waals surface area contributed by atoms with Crippen LogP contribution in [0.15, 0.2) is 23.1 Å². The van der Waals surface area contributed by atoms with E-state index in [-0.39, 0.29) is 10.9 Å². The molecule has 1 aromatic rings. The van der Waals surface area contributed by atoms with Gasteiger partial charge in [-0.05, 0) is 81.8 Å². The molecule has 0 heterocycles. The Morgan fingerprint density at radius 3 is 2.08 bits per heavy atom. The molecule has 4 saturated carbocycles. The highest BCUT2D eigenvalue weighted by molar-refractivity contribution is 7.89. The van der Waals surface area contributed by atoms with Gasteiger partial charge in [0.2, 0.25) is 10.0 Å². The first-order chi connectivity index (χ1) is 12.5. The molecule has 0 radical (unpaired) electrons. The normalized spacial score (nSPS) is 32.6. The number of sulfonamides is 1. The summed E-state index contributed by atoms with van der Waals surface area (Å²) < 4.78 is 40.3. The molecule has 0 unspecified atom stereocenters. The van der Waals surface area contributed by atoms with Gasteiger partial charge < -0.3 is 9.47 Å². The number of nitrogens with one attached hydrogen (secondary N) is 1. The first kappa shape index (κ1) is 18.1. The fraction of sp³-hybridized carbons (Fsp3) is 0.700. The Hall–Kier alpha value is -1.27. The molecule has 4 bridgehead atoms. The number of rotatable bonds is 7. The molecule has 26 heavy (non-hydrogen) atoms. The van der Waals surface area contributed by atoms with Gasteiger partial charge in [-0.2, -0.15) is 0 Å². The second kappa shape index (κ2) is 7.04. The summed E-state index contributed by atoms with van der Waals surface area (Å²) in [6, 6.07) is 4.99. The predicted octanol–water partition coefficient (Wildman–Crippen LogP) is 3.59. The van der Waals surface area contributed by atoms with Crippen molar-refractivity contribution in [3.63, 3.8) is 0 Å². The van der Waals surface area contributed by atoms with Crippen molar-refractivity contribution in [2.45, 2.75) is 56.9 Å². The van der Waals surface area contributed by atoms with Gasteiger partial charge >= 0.3 is 0 Å². The van der Waals surface area contributed by atoms with E-state index in [9.17, 15) is 8.42 Å². The number of hydrogen-bond acceptors (Lipinski definition) is 4. The van der Waals surface area contributed by atoms with E-state index < -0.39 is 10.0 Å². The Balaban J connectivity index is 1.56. The molecule has 1 N–H and O–H groups in total. The monoisotopic (exact) mass is 379 g/mol. The number of hydrogen-bond donors (Lipinski definition) is 1. The van der Waals surface area contributed by atoms with Crippen LogP contribution in [0.3, 0.4) is 0 Å². The third kappa shape index (κ3) is 3.33. The third-order valence-electron chi connectivity index (χ3n) is 6.34. The van der Waals surface area contributed by atoms with Gasteiger partial charge in [0.05, 0.1) is 18.1 Å². The number of benzene rings is 1. The van der Waals surface area contributed by atoms with Crippen LogP contribution >= 0.6 is 0 Å². The average Bonchev–Trinajstić information content (AvgIpc) is 2.59. The van der Waals surface area contributed by atoms with Gasteiger partial charge in [0.15, 0.2) is 11.5 Å². The summed E-state index contributed by atoms with van der Waals surface area (Å²) in [6.45, 7) is 4.75. The van der Waals surface area contributed by atoms with Crippen LogP contribution in [0.2, 0.25) is 0 Å². The van der Waals surface area contributed by atoms with E-state index in [1.54, 1.807) is 18.2 Å². The minimum absolute atomic E-state index is 0.0925. The Morgan fingerprint density at radius 2 is 1.50 bits per heavy atom. The van der Waals surface area contributed by atoms with Crippen molar-refractivity contribution in [2.75, 3.05) is 13.2 Å². The van der Waals surface area contributed by atoms with Crippen LogP contribution < -0.4 is 14.2 Å². The summed E-state index contributed by atoms with van der Waals surface area (Å²) in [7, 11) is -3.56. The van der Waals surface area contributed by atoms with Gasteiger partial charge in [0, 0.05) is 12.1 Å². The van der Waals surface area contributed by atoms with Crippen molar-refractivity contribution in [3.8, 4) is 11.5 Å². The van der Waals surface area contributed by atoms with Gasteiger partial charge in [-0.15, -0.1) is 0 Å². The SMILES string of the molecule is CCOc1ccc(S(=O)(=O)NC2C3CC4CC(C3)CC2C4)cc1OCC. The first-order valence-corrected chi connectivity index (χ1v) is 11.4. The molecular formula is C20H29NO4S. The topological polar surface area (TPSA) is 64.6 Å². The summed E-state index contributed by atoms with van der Waals surface area (Å²) >= 11 is 0. The smallest absolute Gasteiger partial charge is 0.240 e. The molecule has 0 atom stereocenters. The Morgan fingerprint density at radius 1 is 0.923 bits per heavy atom. The highest BCUT2D eigenvalue weighted by Crippen LogP contribution is 2.54. The van der Waals surface area contributed by atoms with Crippen molar-refractivity contribution in [1.29, 1.82) is 0 Å². The van der Waals surface area contributed by atoms with E-state index in [1.807, 2.05) is 13.8 Å². The zero-order valence-corrected chi connectivity index (χ0v) is 16.4. The Kier molecular flexibility index (Phi) is 4.90. The minimum atomic E-state index is -3.56. The van der Waals surface area contributed by atoms with Crippen LogP contribution in [0, 0.1) is 23.7 Å². The fourth-order valence-corrected chi connectivity index (χ4v) is 6.95. The van der Waals surface area contributed by atoms with E-state index in [0.29, 0.717) is 36.5 Å². The van der Waals surface area contributed by atoms with E-state index in [0.717, 1.165) is 11.8 Å². The molecule has 0 saturated heterocycles. The van der Waals surface area contributed by atoms with E-state index >= 15 is 0 Å². The van der Waals surface area contributed by atoms with Gasteiger partial charge in [0.25, 0.3) is 0 Å². The van der Waals surface area contributed by atoms with Crippen LogP contribution in [0.4, 0.5) is 0 Å². The van der Waals surface area contributed by atoms with Crippen LogP contribution in [-0.4, -0.2) is 27.7 Å². The molecule has 5 nitrogen and oxygen atoms in total. The average molecular weight is 380 g/mol. The van der Waals surface area contributed by atoms with Crippen molar-refractivity contribution in [3.05, 3.63) is 18.2 Å². The second-order valence-electron chi connectivity index (χ2n) is 8.05. The maximum atomic E-state index is 13.0. The van der Waals surface area contributed by atoms with Gasteiger partial charge in [0.1, 0.15) is 0 Å². The minimum Gasteiger partial charge on any atom is -0.490 e. The summed E-state index contributed by atoms with van der Waals surface area (Å²) in [5, 5.41) is 0. The standard InChI is InChI=1S/C20H29NO4S/c1-3-24-18-6-5-17(12-19(18)25-4-2)26(22,23)21-20-15-8-13-7-14(10-15)11-16(20)9-13/h5-6,12-16,20-21H,3-4,7-11H2,1-2H3. The maximum Gasteiger partial charge on any atom is 0.240 e. The molecule has 0 aliphatic heterocycles. The third-order valence-corrected chi connectivity index (χ3v) is 7.80. The quantitative estimate of drug-likeness (QED) is 0.786. The lowest BCUT2D eigenvalue weighted by Gasteiger charge is -2.54. The Labute approximate surface area is 156 Å². The maximum absolute atomic E-state index is 13.0. The van der Waals surface area contributed by atoms with Crippen molar-refractivity contribution in [2.24, 2.45) is 23.7 Å². The molecular weight excluding hydrogens is 350 g/mol. The van der Waals surface area contributed by atoms with Gasteiger partial charge in [-0.3, -0.25) is 0 Å². The van der Waals surface area contributed by atoms with Crippen molar-refractivity contribution < 1.29 is 17.9 Å². The van der Waals surface area contributed by atoms with Crippen molar-refractivity contribution >= 4 is 10.0 Å². The van der Waals surface area contributed by atoms with E-state index in [2.05, 4.69) is 4.72 Å².